The fourth-order valence-electron chi connectivity index (χ4n) is 2.87. The minimum atomic E-state index is -0.289. The highest BCUT2D eigenvalue weighted by Crippen LogP contribution is 2.42. The summed E-state index contributed by atoms with van der Waals surface area (Å²) >= 11 is 0. The van der Waals surface area contributed by atoms with E-state index in [0.29, 0.717) is 0 Å². The molecule has 1 unspecified atom stereocenters. The lowest BCUT2D eigenvalue weighted by molar-refractivity contribution is 0.0962. The number of aromatic nitrogens is 1. The van der Waals surface area contributed by atoms with Crippen LogP contribution >= 0.6 is 0 Å². The first-order valence-corrected chi connectivity index (χ1v) is 6.65. The second-order valence-electron chi connectivity index (χ2n) is 6.81. The monoisotopic (exact) mass is 235 g/mol. The van der Waals surface area contributed by atoms with Gasteiger partial charge in [0.25, 0.3) is 0 Å². The van der Waals surface area contributed by atoms with Crippen molar-refractivity contribution < 1.29 is 5.11 Å². The molecule has 0 spiro atoms. The summed E-state index contributed by atoms with van der Waals surface area (Å²) in [5.41, 5.74) is 2.82. The van der Waals surface area contributed by atoms with Gasteiger partial charge in [0.1, 0.15) is 0 Å². The molecule has 2 heteroatoms. The lowest BCUT2D eigenvalue weighted by Gasteiger charge is -2.37. The molecule has 1 aliphatic rings. The van der Waals surface area contributed by atoms with E-state index >= 15 is 0 Å². The van der Waals surface area contributed by atoms with Gasteiger partial charge in [-0.2, -0.15) is 0 Å². The molecule has 2 nitrogen and oxygen atoms in total. The number of hydrogen-bond donors (Lipinski definition) is 1. The van der Waals surface area contributed by atoms with Crippen molar-refractivity contribution in [1.29, 1.82) is 0 Å². The molecule has 1 heterocycles. The average molecular weight is 235 g/mol. The van der Waals surface area contributed by atoms with Crippen molar-refractivity contribution in [2.24, 2.45) is 5.41 Å². The van der Waals surface area contributed by atoms with Gasteiger partial charge in [-0.1, -0.05) is 20.8 Å². The molecule has 1 atom stereocenters. The van der Waals surface area contributed by atoms with Gasteiger partial charge < -0.3 is 9.67 Å². The van der Waals surface area contributed by atoms with E-state index in [9.17, 15) is 5.11 Å². The predicted molar refractivity (Wildman–Crippen MR) is 71.1 cm³/mol. The van der Waals surface area contributed by atoms with Crippen molar-refractivity contribution in [3.05, 3.63) is 23.5 Å². The Morgan fingerprint density at radius 2 is 2.12 bits per heavy atom. The summed E-state index contributed by atoms with van der Waals surface area (Å²) in [4.78, 5) is 0. The molecule has 0 bridgehead atoms. The average Bonchev–Trinajstić information content (AvgIpc) is 2.60. The standard InChI is InChI=1S/C15H25NO/c1-6-15(4,5)16-8-7-11-12(16)9-14(2,3)10-13(11)17/h7-8,13,17H,6,9-10H2,1-5H3. The van der Waals surface area contributed by atoms with Gasteiger partial charge in [-0.3, -0.25) is 0 Å². The van der Waals surface area contributed by atoms with Crippen LogP contribution in [-0.4, -0.2) is 9.67 Å². The normalized spacial score (nSPS) is 23.5. The summed E-state index contributed by atoms with van der Waals surface area (Å²) < 4.78 is 2.37. The summed E-state index contributed by atoms with van der Waals surface area (Å²) in [5, 5.41) is 10.2. The van der Waals surface area contributed by atoms with E-state index in [-0.39, 0.29) is 17.1 Å². The molecule has 2 rings (SSSR count). The third-order valence-corrected chi connectivity index (χ3v) is 4.30. The van der Waals surface area contributed by atoms with Gasteiger partial charge in [-0.15, -0.1) is 0 Å². The number of rotatable bonds is 2. The molecule has 0 fully saturated rings. The summed E-state index contributed by atoms with van der Waals surface area (Å²) in [7, 11) is 0. The van der Waals surface area contributed by atoms with E-state index < -0.39 is 0 Å². The van der Waals surface area contributed by atoms with Gasteiger partial charge in [0.15, 0.2) is 0 Å². The summed E-state index contributed by atoms with van der Waals surface area (Å²) in [6.07, 6.45) is 4.90. The number of hydrogen-bond acceptors (Lipinski definition) is 1. The molecule has 96 valence electrons. The zero-order chi connectivity index (χ0) is 12.8. The van der Waals surface area contributed by atoms with Crippen molar-refractivity contribution >= 4 is 0 Å². The van der Waals surface area contributed by atoms with Crippen LogP contribution in [0.25, 0.3) is 0 Å². The zero-order valence-corrected chi connectivity index (χ0v) is 11.7. The number of fused-ring (bicyclic) bond motifs is 1. The van der Waals surface area contributed by atoms with Crippen LogP contribution in [0.1, 0.15) is 64.8 Å². The Morgan fingerprint density at radius 1 is 1.47 bits per heavy atom. The maximum Gasteiger partial charge on any atom is 0.0812 e. The SMILES string of the molecule is CCC(C)(C)n1ccc2c1CC(C)(C)CC2O. The molecular formula is C15H25NO. The maximum absolute atomic E-state index is 10.2. The summed E-state index contributed by atoms with van der Waals surface area (Å²) in [6, 6.07) is 2.10. The van der Waals surface area contributed by atoms with Crippen molar-refractivity contribution in [2.75, 3.05) is 0 Å². The fourth-order valence-corrected chi connectivity index (χ4v) is 2.87. The van der Waals surface area contributed by atoms with E-state index in [1.54, 1.807) is 0 Å². The molecule has 0 radical (unpaired) electrons. The number of nitrogens with zero attached hydrogens (tertiary/aromatic N) is 1. The molecule has 1 aromatic rings. The lowest BCUT2D eigenvalue weighted by Crippen LogP contribution is -2.32. The topological polar surface area (TPSA) is 25.2 Å². The van der Waals surface area contributed by atoms with Crippen LogP contribution in [-0.2, 0) is 12.0 Å². The molecule has 1 aliphatic carbocycles. The molecule has 0 amide bonds. The molecular weight excluding hydrogens is 210 g/mol. The van der Waals surface area contributed by atoms with Crippen LogP contribution in [0.5, 0.6) is 0 Å². The first-order chi connectivity index (χ1) is 7.77. The highest BCUT2D eigenvalue weighted by molar-refractivity contribution is 5.30. The molecule has 0 aliphatic heterocycles. The largest absolute Gasteiger partial charge is 0.388 e. The molecule has 0 saturated carbocycles. The first-order valence-electron chi connectivity index (χ1n) is 6.65. The molecule has 1 aromatic heterocycles. The number of aliphatic hydroxyl groups is 1. The van der Waals surface area contributed by atoms with Crippen molar-refractivity contribution in [3.8, 4) is 0 Å². The van der Waals surface area contributed by atoms with Crippen LogP contribution < -0.4 is 0 Å². The highest BCUT2D eigenvalue weighted by atomic mass is 16.3. The van der Waals surface area contributed by atoms with Crippen molar-refractivity contribution in [1.82, 2.24) is 4.57 Å². The predicted octanol–water partition coefficient (Wildman–Crippen LogP) is 3.64. The number of aliphatic hydroxyl groups excluding tert-OH is 1. The second kappa shape index (κ2) is 3.88. The van der Waals surface area contributed by atoms with Gasteiger partial charge in [-0.25, -0.2) is 0 Å². The van der Waals surface area contributed by atoms with E-state index in [0.717, 1.165) is 24.8 Å². The Morgan fingerprint density at radius 3 is 2.71 bits per heavy atom. The summed E-state index contributed by atoms with van der Waals surface area (Å²) in [6.45, 7) is 11.2. The smallest absolute Gasteiger partial charge is 0.0812 e. The Bertz CT molecular complexity index is 415. The van der Waals surface area contributed by atoms with Crippen LogP contribution in [0, 0.1) is 5.41 Å². The van der Waals surface area contributed by atoms with Crippen LogP contribution in [0.2, 0.25) is 0 Å². The molecule has 17 heavy (non-hydrogen) atoms. The van der Waals surface area contributed by atoms with Crippen LogP contribution in [0.15, 0.2) is 12.3 Å². The highest BCUT2D eigenvalue weighted by Gasteiger charge is 2.35. The van der Waals surface area contributed by atoms with Crippen molar-refractivity contribution in [2.45, 2.75) is 65.5 Å². The fraction of sp³-hybridized carbons (Fsp3) is 0.733. The Hall–Kier alpha value is -0.760. The Labute approximate surface area is 105 Å². The van der Waals surface area contributed by atoms with Crippen molar-refractivity contribution in [3.63, 3.8) is 0 Å². The van der Waals surface area contributed by atoms with E-state index in [1.165, 1.54) is 5.69 Å². The van der Waals surface area contributed by atoms with Crippen LogP contribution in [0.4, 0.5) is 0 Å². The Balaban J connectivity index is 2.48. The quantitative estimate of drug-likeness (QED) is 0.832. The van der Waals surface area contributed by atoms with Gasteiger partial charge in [0.05, 0.1) is 6.10 Å². The Kier molecular flexibility index (Phi) is 2.89. The summed E-state index contributed by atoms with van der Waals surface area (Å²) in [5.74, 6) is 0. The molecule has 0 aromatic carbocycles. The third-order valence-electron chi connectivity index (χ3n) is 4.30. The van der Waals surface area contributed by atoms with E-state index in [1.807, 2.05) is 0 Å². The third kappa shape index (κ3) is 2.15. The molecule has 1 N–H and O–H groups in total. The van der Waals surface area contributed by atoms with Crippen LogP contribution in [0.3, 0.4) is 0 Å². The van der Waals surface area contributed by atoms with E-state index in [4.69, 9.17) is 0 Å². The van der Waals surface area contributed by atoms with E-state index in [2.05, 4.69) is 51.4 Å². The lowest BCUT2D eigenvalue weighted by atomic mass is 9.75. The molecule has 0 saturated heterocycles. The van der Waals surface area contributed by atoms with Gasteiger partial charge >= 0.3 is 0 Å². The van der Waals surface area contributed by atoms with Gasteiger partial charge in [-0.05, 0) is 44.6 Å². The second-order valence-corrected chi connectivity index (χ2v) is 6.81. The minimum absolute atomic E-state index is 0.140. The van der Waals surface area contributed by atoms with Gasteiger partial charge in [0.2, 0.25) is 0 Å². The minimum Gasteiger partial charge on any atom is -0.388 e. The zero-order valence-electron chi connectivity index (χ0n) is 11.7. The maximum atomic E-state index is 10.2. The van der Waals surface area contributed by atoms with Gasteiger partial charge in [0, 0.05) is 23.0 Å². The first kappa shape index (κ1) is 12.7.